The van der Waals surface area contributed by atoms with Crippen molar-refractivity contribution < 1.29 is 14.5 Å². The lowest BCUT2D eigenvalue weighted by molar-refractivity contribution is -0.885. The number of nitrogens with one attached hydrogen (secondary N) is 3. The van der Waals surface area contributed by atoms with Crippen molar-refractivity contribution in [2.24, 2.45) is 0 Å². The molecule has 0 radical (unpaired) electrons. The van der Waals surface area contributed by atoms with E-state index in [1.165, 1.54) is 0 Å². The van der Waals surface area contributed by atoms with Crippen LogP contribution >= 0.6 is 15.9 Å². The molecule has 1 fully saturated rings. The van der Waals surface area contributed by atoms with Gasteiger partial charge in [0.15, 0.2) is 13.1 Å². The van der Waals surface area contributed by atoms with Gasteiger partial charge in [0.2, 0.25) is 0 Å². The lowest BCUT2D eigenvalue weighted by Crippen LogP contribution is -3.16. The molecule has 1 aromatic rings. The van der Waals surface area contributed by atoms with Crippen LogP contribution < -0.4 is 15.5 Å². The van der Waals surface area contributed by atoms with Crippen molar-refractivity contribution in [3.8, 4) is 0 Å². The molecule has 2 rings (SSSR count). The highest BCUT2D eigenvalue weighted by Gasteiger charge is 2.23. The fraction of sp³-hybridized carbons (Fsp3) is 0.429. The molecular weight excluding hydrogens is 322 g/mol. The fourth-order valence-electron chi connectivity index (χ4n) is 2.33. The van der Waals surface area contributed by atoms with Crippen LogP contribution in [0.15, 0.2) is 28.7 Å². The molecule has 2 atom stereocenters. The zero-order valence-corrected chi connectivity index (χ0v) is 13.0. The molecule has 1 aromatic carbocycles. The Morgan fingerprint density at radius 2 is 2.25 bits per heavy atom. The molecule has 2 amide bonds. The van der Waals surface area contributed by atoms with Gasteiger partial charge in [-0.25, -0.2) is 0 Å². The molecule has 5 nitrogen and oxygen atoms in total. The molecular formula is C14H19BrN3O2+. The minimum absolute atomic E-state index is 0.0119. The number of hydrogen-bond acceptors (Lipinski definition) is 2. The predicted octanol–water partition coefficient (Wildman–Crippen LogP) is -0.359. The molecule has 6 heteroatoms. The maximum absolute atomic E-state index is 12.0. The zero-order chi connectivity index (χ0) is 14.5. The normalized spacial score (nSPS) is 20.1. The van der Waals surface area contributed by atoms with E-state index in [-0.39, 0.29) is 17.9 Å². The van der Waals surface area contributed by atoms with E-state index in [0.717, 1.165) is 21.5 Å². The number of hydrogen-bond donors (Lipinski definition) is 3. The van der Waals surface area contributed by atoms with Gasteiger partial charge in [0, 0.05) is 4.47 Å². The van der Waals surface area contributed by atoms with Crippen LogP contribution in [0.2, 0.25) is 0 Å². The summed E-state index contributed by atoms with van der Waals surface area (Å²) in [5.41, 5.74) is 1.05. The summed E-state index contributed by atoms with van der Waals surface area (Å²) in [5.74, 6) is -0.0177. The number of halogens is 1. The number of carbonyl (C=O) groups excluding carboxylic acids is 2. The van der Waals surface area contributed by atoms with Gasteiger partial charge in [0.05, 0.1) is 19.1 Å². The van der Waals surface area contributed by atoms with Gasteiger partial charge in [0.1, 0.15) is 0 Å². The summed E-state index contributed by atoms with van der Waals surface area (Å²) in [6.07, 6.45) is 0. The first kappa shape index (κ1) is 15.0. The van der Waals surface area contributed by atoms with E-state index in [4.69, 9.17) is 0 Å². The van der Waals surface area contributed by atoms with Gasteiger partial charge in [-0.15, -0.1) is 0 Å². The molecule has 1 saturated heterocycles. The van der Waals surface area contributed by atoms with Crippen LogP contribution in [0.3, 0.4) is 0 Å². The zero-order valence-electron chi connectivity index (χ0n) is 11.4. The molecule has 1 aliphatic heterocycles. The Balaban J connectivity index is 1.88. The summed E-state index contributed by atoms with van der Waals surface area (Å²) in [4.78, 5) is 24.3. The third-order valence-electron chi connectivity index (χ3n) is 3.37. The molecule has 0 saturated carbocycles. The first-order chi connectivity index (χ1) is 9.56. The molecule has 0 bridgehead atoms. The SMILES string of the molecule is C[C@@H](NC(=O)C[NH+]1CCNC(=O)C1)c1ccccc1Br. The van der Waals surface area contributed by atoms with Crippen molar-refractivity contribution in [2.75, 3.05) is 26.2 Å². The number of rotatable bonds is 4. The van der Waals surface area contributed by atoms with Crippen molar-refractivity contribution in [1.29, 1.82) is 0 Å². The second kappa shape index (κ2) is 6.85. The molecule has 1 unspecified atom stereocenters. The first-order valence-electron chi connectivity index (χ1n) is 6.70. The third kappa shape index (κ3) is 4.05. The molecule has 1 aliphatic rings. The number of piperazine rings is 1. The van der Waals surface area contributed by atoms with Gasteiger partial charge < -0.3 is 15.5 Å². The average Bonchev–Trinajstić information content (AvgIpc) is 2.38. The van der Waals surface area contributed by atoms with Crippen molar-refractivity contribution in [1.82, 2.24) is 10.6 Å². The van der Waals surface area contributed by atoms with E-state index in [1.807, 2.05) is 31.2 Å². The van der Waals surface area contributed by atoms with Crippen LogP contribution in [-0.2, 0) is 9.59 Å². The molecule has 20 heavy (non-hydrogen) atoms. The second-order valence-electron chi connectivity index (χ2n) is 5.01. The Bertz CT molecular complexity index is 507. The highest BCUT2D eigenvalue weighted by molar-refractivity contribution is 9.10. The Morgan fingerprint density at radius 3 is 2.95 bits per heavy atom. The minimum Gasteiger partial charge on any atom is -0.346 e. The monoisotopic (exact) mass is 340 g/mol. The molecule has 1 heterocycles. The first-order valence-corrected chi connectivity index (χ1v) is 7.49. The molecule has 108 valence electrons. The predicted molar refractivity (Wildman–Crippen MR) is 79.3 cm³/mol. The standard InChI is InChI=1S/C14H18BrN3O2/c1-10(11-4-2-3-5-12(11)15)17-14(20)9-18-7-6-16-13(19)8-18/h2-5,10H,6-9H2,1H3,(H,16,19)(H,17,20)/p+1/t10-/m1/s1. The summed E-state index contributed by atoms with van der Waals surface area (Å²) in [6, 6.07) is 7.77. The Morgan fingerprint density at radius 1 is 1.50 bits per heavy atom. The average molecular weight is 341 g/mol. The van der Waals surface area contributed by atoms with Crippen LogP contribution in [0, 0.1) is 0 Å². The van der Waals surface area contributed by atoms with Crippen LogP contribution in [-0.4, -0.2) is 38.0 Å². The van der Waals surface area contributed by atoms with E-state index in [0.29, 0.717) is 19.6 Å². The van der Waals surface area contributed by atoms with Gasteiger partial charge in [-0.2, -0.15) is 0 Å². The van der Waals surface area contributed by atoms with Crippen LogP contribution in [0.25, 0.3) is 0 Å². The Kier molecular flexibility index (Phi) is 5.14. The van der Waals surface area contributed by atoms with Crippen molar-refractivity contribution in [2.45, 2.75) is 13.0 Å². The Labute approximate surface area is 126 Å². The van der Waals surface area contributed by atoms with Gasteiger partial charge in [-0.05, 0) is 18.6 Å². The number of benzene rings is 1. The quantitative estimate of drug-likeness (QED) is 0.701. The summed E-state index contributed by atoms with van der Waals surface area (Å²) < 4.78 is 0.984. The summed E-state index contributed by atoms with van der Waals surface area (Å²) >= 11 is 3.48. The summed E-state index contributed by atoms with van der Waals surface area (Å²) in [5, 5.41) is 5.74. The minimum atomic E-state index is -0.0592. The Hall–Kier alpha value is -1.40. The highest BCUT2D eigenvalue weighted by atomic mass is 79.9. The van der Waals surface area contributed by atoms with E-state index >= 15 is 0 Å². The van der Waals surface area contributed by atoms with Crippen molar-refractivity contribution in [3.05, 3.63) is 34.3 Å². The topological polar surface area (TPSA) is 62.6 Å². The summed E-state index contributed by atoms with van der Waals surface area (Å²) in [7, 11) is 0. The maximum atomic E-state index is 12.0. The van der Waals surface area contributed by atoms with E-state index in [9.17, 15) is 9.59 Å². The smallest absolute Gasteiger partial charge is 0.275 e. The van der Waals surface area contributed by atoms with E-state index in [2.05, 4.69) is 26.6 Å². The molecule has 3 N–H and O–H groups in total. The largest absolute Gasteiger partial charge is 0.346 e. The number of amides is 2. The number of quaternary nitrogens is 1. The van der Waals surface area contributed by atoms with E-state index < -0.39 is 0 Å². The van der Waals surface area contributed by atoms with Crippen LogP contribution in [0.4, 0.5) is 0 Å². The molecule has 0 spiro atoms. The molecule has 0 aromatic heterocycles. The van der Waals surface area contributed by atoms with Gasteiger partial charge in [-0.1, -0.05) is 34.1 Å². The van der Waals surface area contributed by atoms with Crippen molar-refractivity contribution >= 4 is 27.7 Å². The fourth-order valence-corrected chi connectivity index (χ4v) is 2.96. The van der Waals surface area contributed by atoms with Gasteiger partial charge >= 0.3 is 0 Å². The number of carbonyl (C=O) groups is 2. The lowest BCUT2D eigenvalue weighted by atomic mass is 10.1. The van der Waals surface area contributed by atoms with Crippen LogP contribution in [0.5, 0.6) is 0 Å². The highest BCUT2D eigenvalue weighted by Crippen LogP contribution is 2.22. The summed E-state index contributed by atoms with van der Waals surface area (Å²) in [6.45, 7) is 4.10. The lowest BCUT2D eigenvalue weighted by Gasteiger charge is -2.24. The third-order valence-corrected chi connectivity index (χ3v) is 4.09. The van der Waals surface area contributed by atoms with Crippen molar-refractivity contribution in [3.63, 3.8) is 0 Å². The van der Waals surface area contributed by atoms with E-state index in [1.54, 1.807) is 0 Å². The maximum Gasteiger partial charge on any atom is 0.275 e. The second-order valence-corrected chi connectivity index (χ2v) is 5.87. The van der Waals surface area contributed by atoms with Gasteiger partial charge in [0.25, 0.3) is 11.8 Å². The van der Waals surface area contributed by atoms with Gasteiger partial charge in [-0.3, -0.25) is 9.59 Å². The van der Waals surface area contributed by atoms with Crippen LogP contribution in [0.1, 0.15) is 18.5 Å². The molecule has 0 aliphatic carbocycles.